The number of ether oxygens (including phenoxy) is 1. The lowest BCUT2D eigenvalue weighted by Gasteiger charge is -2.12. The third-order valence-electron chi connectivity index (χ3n) is 2.04. The summed E-state index contributed by atoms with van der Waals surface area (Å²) >= 11 is 2.01. The zero-order valence-electron chi connectivity index (χ0n) is 8.91. The molecule has 4 nitrogen and oxygen atoms in total. The van der Waals surface area contributed by atoms with Crippen LogP contribution in [-0.4, -0.2) is 17.0 Å². The van der Waals surface area contributed by atoms with Crippen LogP contribution in [0.2, 0.25) is 0 Å². The number of carboxylic acids is 1. The molecule has 0 aliphatic heterocycles. The summed E-state index contributed by atoms with van der Waals surface area (Å²) < 4.78 is 5.78. The van der Waals surface area contributed by atoms with Gasteiger partial charge < -0.3 is 9.84 Å². The molecule has 0 aromatic heterocycles. The van der Waals surface area contributed by atoms with Crippen molar-refractivity contribution < 1.29 is 19.4 Å². The maximum atomic E-state index is 11.0. The third kappa shape index (κ3) is 2.72. The fourth-order valence-corrected chi connectivity index (χ4v) is 2.02. The standard InChI is InChI=1S/C11H11IO4/c1-3-7-8(11(14)15)4-5-9(12)10(7)16-6(2)13/h4-5H,3H2,1-2H3,(H,14,15). The molecule has 0 aliphatic carbocycles. The number of aromatic carboxylic acids is 1. The number of hydrogen-bond donors (Lipinski definition) is 1. The largest absolute Gasteiger partial charge is 0.478 e. The van der Waals surface area contributed by atoms with E-state index in [1.165, 1.54) is 13.0 Å². The summed E-state index contributed by atoms with van der Waals surface area (Å²) in [6.45, 7) is 3.12. The first kappa shape index (κ1) is 13.0. The Hall–Kier alpha value is -1.11. The van der Waals surface area contributed by atoms with E-state index >= 15 is 0 Å². The molecule has 5 heteroatoms. The Bertz CT molecular complexity index is 440. The Morgan fingerprint density at radius 3 is 2.50 bits per heavy atom. The van der Waals surface area contributed by atoms with Crippen LogP contribution in [-0.2, 0) is 11.2 Å². The SMILES string of the molecule is CCc1c(C(=O)O)ccc(I)c1OC(C)=O. The Labute approximate surface area is 107 Å². The lowest BCUT2D eigenvalue weighted by atomic mass is 10.0. The van der Waals surface area contributed by atoms with Crippen molar-refractivity contribution in [1.82, 2.24) is 0 Å². The van der Waals surface area contributed by atoms with Gasteiger partial charge in [-0.05, 0) is 41.1 Å². The van der Waals surface area contributed by atoms with Gasteiger partial charge in [0.05, 0.1) is 9.13 Å². The van der Waals surface area contributed by atoms with Crippen LogP contribution in [0.4, 0.5) is 0 Å². The number of esters is 1. The van der Waals surface area contributed by atoms with Gasteiger partial charge in [0.25, 0.3) is 0 Å². The number of halogens is 1. The smallest absolute Gasteiger partial charge is 0.336 e. The van der Waals surface area contributed by atoms with Crippen LogP contribution in [0.3, 0.4) is 0 Å². The number of carboxylic acid groups (broad SMARTS) is 1. The molecule has 0 amide bonds. The maximum absolute atomic E-state index is 11.0. The van der Waals surface area contributed by atoms with Crippen molar-refractivity contribution in [2.45, 2.75) is 20.3 Å². The van der Waals surface area contributed by atoms with Gasteiger partial charge in [0.1, 0.15) is 5.75 Å². The van der Waals surface area contributed by atoms with Gasteiger partial charge >= 0.3 is 11.9 Å². The Morgan fingerprint density at radius 2 is 2.06 bits per heavy atom. The fraction of sp³-hybridized carbons (Fsp3) is 0.273. The summed E-state index contributed by atoms with van der Waals surface area (Å²) in [4.78, 5) is 21.9. The molecule has 0 atom stereocenters. The summed E-state index contributed by atoms with van der Waals surface area (Å²) in [6, 6.07) is 3.15. The van der Waals surface area contributed by atoms with Gasteiger partial charge in [-0.25, -0.2) is 4.79 Å². The molecule has 1 N–H and O–H groups in total. The molecule has 0 bridgehead atoms. The second kappa shape index (κ2) is 5.29. The van der Waals surface area contributed by atoms with Crippen LogP contribution in [0.25, 0.3) is 0 Å². The summed E-state index contributed by atoms with van der Waals surface area (Å²) in [7, 11) is 0. The van der Waals surface area contributed by atoms with Crippen LogP contribution < -0.4 is 4.74 Å². The topological polar surface area (TPSA) is 63.6 Å². The number of carbonyl (C=O) groups is 2. The van der Waals surface area contributed by atoms with Crippen molar-refractivity contribution in [3.05, 3.63) is 26.8 Å². The highest BCUT2D eigenvalue weighted by molar-refractivity contribution is 14.1. The number of benzene rings is 1. The van der Waals surface area contributed by atoms with E-state index < -0.39 is 11.9 Å². The van der Waals surface area contributed by atoms with Gasteiger partial charge in [-0.15, -0.1) is 0 Å². The van der Waals surface area contributed by atoms with Gasteiger partial charge in [0.15, 0.2) is 0 Å². The molecule has 0 saturated heterocycles. The first-order chi connectivity index (χ1) is 7.47. The Balaban J connectivity index is 3.37. The monoisotopic (exact) mass is 334 g/mol. The molecular formula is C11H11IO4. The normalized spacial score (nSPS) is 9.94. The van der Waals surface area contributed by atoms with Crippen LogP contribution in [0, 0.1) is 3.57 Å². The number of hydrogen-bond acceptors (Lipinski definition) is 3. The molecule has 16 heavy (non-hydrogen) atoms. The van der Waals surface area contributed by atoms with Crippen LogP contribution >= 0.6 is 22.6 Å². The van der Waals surface area contributed by atoms with Crippen LogP contribution in [0.1, 0.15) is 29.8 Å². The molecule has 0 saturated carbocycles. The minimum absolute atomic E-state index is 0.180. The first-order valence-electron chi connectivity index (χ1n) is 4.70. The summed E-state index contributed by atoms with van der Waals surface area (Å²) in [6.07, 6.45) is 0.501. The van der Waals surface area contributed by atoms with Gasteiger partial charge in [0, 0.05) is 12.5 Å². The quantitative estimate of drug-likeness (QED) is 0.524. The second-order valence-electron chi connectivity index (χ2n) is 3.15. The highest BCUT2D eigenvalue weighted by Crippen LogP contribution is 2.29. The third-order valence-corrected chi connectivity index (χ3v) is 2.89. The summed E-state index contributed by atoms with van der Waals surface area (Å²) in [5.74, 6) is -1.10. The van der Waals surface area contributed by atoms with Crippen molar-refractivity contribution in [3.63, 3.8) is 0 Å². The van der Waals surface area contributed by atoms with Gasteiger partial charge in [-0.1, -0.05) is 6.92 Å². The molecule has 0 aliphatic rings. The van der Waals surface area contributed by atoms with Gasteiger partial charge in [-0.2, -0.15) is 0 Å². The summed E-state index contributed by atoms with van der Waals surface area (Å²) in [5.41, 5.74) is 0.730. The first-order valence-corrected chi connectivity index (χ1v) is 5.78. The molecule has 1 aromatic carbocycles. The van der Waals surface area contributed by atoms with E-state index in [2.05, 4.69) is 0 Å². The predicted octanol–water partition coefficient (Wildman–Crippen LogP) is 2.48. The molecular weight excluding hydrogens is 323 g/mol. The molecule has 0 radical (unpaired) electrons. The number of carbonyl (C=O) groups excluding carboxylic acids is 1. The predicted molar refractivity (Wildman–Crippen MR) is 66.8 cm³/mol. The molecule has 1 aromatic rings. The minimum Gasteiger partial charge on any atom is -0.478 e. The van der Waals surface area contributed by atoms with E-state index in [0.29, 0.717) is 17.7 Å². The zero-order chi connectivity index (χ0) is 12.3. The van der Waals surface area contributed by atoms with Crippen LogP contribution in [0.5, 0.6) is 5.75 Å². The van der Waals surface area contributed by atoms with Gasteiger partial charge in [-0.3, -0.25) is 4.79 Å². The second-order valence-corrected chi connectivity index (χ2v) is 4.32. The number of rotatable bonds is 3. The molecule has 0 heterocycles. The van der Waals surface area contributed by atoms with E-state index in [1.807, 2.05) is 29.5 Å². The van der Waals surface area contributed by atoms with E-state index in [-0.39, 0.29) is 5.56 Å². The minimum atomic E-state index is -1.01. The molecule has 0 fully saturated rings. The van der Waals surface area contributed by atoms with Crippen molar-refractivity contribution in [1.29, 1.82) is 0 Å². The van der Waals surface area contributed by atoms with Crippen molar-refractivity contribution >= 4 is 34.5 Å². The van der Waals surface area contributed by atoms with E-state index in [4.69, 9.17) is 9.84 Å². The van der Waals surface area contributed by atoms with E-state index in [0.717, 1.165) is 3.57 Å². The Kier molecular flexibility index (Phi) is 4.28. The average Bonchev–Trinajstić information content (AvgIpc) is 2.19. The highest BCUT2D eigenvalue weighted by Gasteiger charge is 2.17. The lowest BCUT2D eigenvalue weighted by Crippen LogP contribution is -2.09. The lowest BCUT2D eigenvalue weighted by molar-refractivity contribution is -0.132. The Morgan fingerprint density at radius 1 is 1.44 bits per heavy atom. The van der Waals surface area contributed by atoms with E-state index in [1.54, 1.807) is 6.07 Å². The molecule has 0 unspecified atom stereocenters. The summed E-state index contributed by atoms with van der Waals surface area (Å²) in [5, 5.41) is 9.00. The fourth-order valence-electron chi connectivity index (χ4n) is 1.40. The molecule has 86 valence electrons. The zero-order valence-corrected chi connectivity index (χ0v) is 11.1. The maximum Gasteiger partial charge on any atom is 0.336 e. The van der Waals surface area contributed by atoms with Crippen molar-refractivity contribution in [2.75, 3.05) is 0 Å². The van der Waals surface area contributed by atoms with Gasteiger partial charge in [0.2, 0.25) is 0 Å². The van der Waals surface area contributed by atoms with Crippen molar-refractivity contribution in [2.24, 2.45) is 0 Å². The molecule has 0 spiro atoms. The van der Waals surface area contributed by atoms with Crippen LogP contribution in [0.15, 0.2) is 12.1 Å². The average molecular weight is 334 g/mol. The molecule has 1 rings (SSSR count). The van der Waals surface area contributed by atoms with Crippen molar-refractivity contribution in [3.8, 4) is 5.75 Å². The highest BCUT2D eigenvalue weighted by atomic mass is 127. The van der Waals surface area contributed by atoms with E-state index in [9.17, 15) is 9.59 Å².